The molecule has 192 valence electrons. The van der Waals surface area contributed by atoms with Crippen molar-refractivity contribution >= 4 is 17.5 Å². The fourth-order valence-corrected chi connectivity index (χ4v) is 5.40. The molecule has 0 radical (unpaired) electrons. The first-order chi connectivity index (χ1) is 17.1. The zero-order chi connectivity index (χ0) is 25.9. The number of hydrogen-bond acceptors (Lipinski definition) is 3. The molecule has 1 heterocycles. The van der Waals surface area contributed by atoms with E-state index in [2.05, 4.69) is 33.0 Å². The van der Waals surface area contributed by atoms with E-state index in [4.69, 9.17) is 4.99 Å². The Balaban J connectivity index is 1.57. The highest BCUT2D eigenvalue weighted by Gasteiger charge is 2.50. The molecule has 36 heavy (non-hydrogen) atoms. The smallest absolute Gasteiger partial charge is 0.274 e. The SMILES string of the molecule is CCCCNC(=O)c1ccc(CN2C(=O)C(c3ccc(F)cc3)=NC23CCC(C(C)(C)C)CC3)cc1. The second-order valence-corrected chi connectivity index (χ2v) is 11.3. The van der Waals surface area contributed by atoms with Crippen LogP contribution in [0.4, 0.5) is 4.39 Å². The molecule has 0 atom stereocenters. The van der Waals surface area contributed by atoms with Crippen molar-refractivity contribution in [2.45, 2.75) is 78.4 Å². The molecule has 1 N–H and O–H groups in total. The van der Waals surface area contributed by atoms with Gasteiger partial charge in [0, 0.05) is 24.2 Å². The Morgan fingerprint density at radius 2 is 1.72 bits per heavy atom. The summed E-state index contributed by atoms with van der Waals surface area (Å²) in [5, 5.41) is 2.94. The lowest BCUT2D eigenvalue weighted by Gasteiger charge is -2.44. The van der Waals surface area contributed by atoms with Crippen molar-refractivity contribution in [3.8, 4) is 0 Å². The molecule has 2 amide bonds. The molecule has 5 nitrogen and oxygen atoms in total. The maximum absolute atomic E-state index is 13.7. The Morgan fingerprint density at radius 1 is 1.08 bits per heavy atom. The number of hydrogen-bond donors (Lipinski definition) is 1. The second kappa shape index (κ2) is 10.5. The molecule has 0 bridgehead atoms. The van der Waals surface area contributed by atoms with Gasteiger partial charge in [0.1, 0.15) is 17.2 Å². The molecule has 2 aliphatic rings. The van der Waals surface area contributed by atoms with E-state index in [-0.39, 0.29) is 23.0 Å². The Kier molecular flexibility index (Phi) is 7.62. The molecule has 6 heteroatoms. The molecule has 1 saturated carbocycles. The first-order valence-corrected chi connectivity index (χ1v) is 13.2. The van der Waals surface area contributed by atoms with Crippen LogP contribution in [0.5, 0.6) is 0 Å². The van der Waals surface area contributed by atoms with Crippen molar-refractivity contribution < 1.29 is 14.0 Å². The number of benzene rings is 2. The second-order valence-electron chi connectivity index (χ2n) is 11.3. The highest BCUT2D eigenvalue weighted by Crippen LogP contribution is 2.47. The number of amides is 2. The zero-order valence-corrected chi connectivity index (χ0v) is 21.9. The monoisotopic (exact) mass is 491 g/mol. The van der Waals surface area contributed by atoms with Crippen LogP contribution in [0.3, 0.4) is 0 Å². The number of halogens is 1. The number of carbonyl (C=O) groups excluding carboxylic acids is 2. The number of rotatable bonds is 7. The summed E-state index contributed by atoms with van der Waals surface area (Å²) in [7, 11) is 0. The van der Waals surface area contributed by atoms with Crippen LogP contribution in [0.2, 0.25) is 0 Å². The van der Waals surface area contributed by atoms with E-state index in [0.717, 1.165) is 44.1 Å². The molecule has 1 aliphatic carbocycles. The summed E-state index contributed by atoms with van der Waals surface area (Å²) in [6.07, 6.45) is 5.61. The Morgan fingerprint density at radius 3 is 2.31 bits per heavy atom. The first-order valence-electron chi connectivity index (χ1n) is 13.2. The van der Waals surface area contributed by atoms with Crippen LogP contribution in [0, 0.1) is 17.2 Å². The zero-order valence-electron chi connectivity index (χ0n) is 21.9. The third kappa shape index (κ3) is 5.53. The molecule has 1 spiro atoms. The standard InChI is InChI=1S/C30H38FN3O2/c1-5-6-19-32-27(35)23-9-7-21(8-10-23)20-34-28(36)26(22-11-13-25(31)14-12-22)33-30(34)17-15-24(16-18-30)29(2,3)4/h7-14,24H,5-6,15-20H2,1-4H3,(H,32,35). The lowest BCUT2D eigenvalue weighted by atomic mass is 9.69. The minimum absolute atomic E-state index is 0.0776. The third-order valence-electron chi connectivity index (χ3n) is 7.77. The van der Waals surface area contributed by atoms with Gasteiger partial charge in [0.2, 0.25) is 0 Å². The van der Waals surface area contributed by atoms with Crippen LogP contribution in [-0.4, -0.2) is 34.6 Å². The van der Waals surface area contributed by atoms with E-state index in [1.165, 1.54) is 12.1 Å². The van der Waals surface area contributed by atoms with Crippen molar-refractivity contribution in [2.75, 3.05) is 6.54 Å². The topological polar surface area (TPSA) is 61.8 Å². The summed E-state index contributed by atoms with van der Waals surface area (Å²) < 4.78 is 13.6. The van der Waals surface area contributed by atoms with E-state index in [1.807, 2.05) is 29.2 Å². The highest BCUT2D eigenvalue weighted by molar-refractivity contribution is 6.46. The maximum Gasteiger partial charge on any atom is 0.274 e. The minimum atomic E-state index is -0.585. The van der Waals surface area contributed by atoms with Crippen LogP contribution in [0.1, 0.15) is 87.7 Å². The van der Waals surface area contributed by atoms with Gasteiger partial charge in [0.15, 0.2) is 0 Å². The highest BCUT2D eigenvalue weighted by atomic mass is 19.1. The maximum atomic E-state index is 13.7. The molecule has 2 aromatic carbocycles. The summed E-state index contributed by atoms with van der Waals surface area (Å²) in [5.41, 5.74) is 2.27. The van der Waals surface area contributed by atoms with Crippen LogP contribution < -0.4 is 5.32 Å². The van der Waals surface area contributed by atoms with Gasteiger partial charge in [-0.3, -0.25) is 14.6 Å². The molecule has 4 rings (SSSR count). The van der Waals surface area contributed by atoms with E-state index in [0.29, 0.717) is 35.8 Å². The average Bonchev–Trinajstić information content (AvgIpc) is 3.11. The normalized spacial score (nSPS) is 22.1. The van der Waals surface area contributed by atoms with Gasteiger partial charge in [0.25, 0.3) is 11.8 Å². The van der Waals surface area contributed by atoms with Crippen LogP contribution in [0.15, 0.2) is 53.5 Å². The molecule has 1 aliphatic heterocycles. The number of carbonyl (C=O) groups is 2. The Hall–Kier alpha value is -3.02. The van der Waals surface area contributed by atoms with Crippen LogP contribution in [-0.2, 0) is 11.3 Å². The quantitative estimate of drug-likeness (QED) is 0.474. The van der Waals surface area contributed by atoms with Crippen LogP contribution in [0.25, 0.3) is 0 Å². The van der Waals surface area contributed by atoms with E-state index >= 15 is 0 Å². The van der Waals surface area contributed by atoms with Crippen molar-refractivity contribution in [1.29, 1.82) is 0 Å². The number of nitrogens with one attached hydrogen (secondary N) is 1. The third-order valence-corrected chi connectivity index (χ3v) is 7.77. The molecule has 0 unspecified atom stereocenters. The molecular weight excluding hydrogens is 453 g/mol. The molecular formula is C30H38FN3O2. The Bertz CT molecular complexity index is 1110. The number of aliphatic imine (C=N–C) groups is 1. The summed E-state index contributed by atoms with van der Waals surface area (Å²) in [4.78, 5) is 33.0. The van der Waals surface area contributed by atoms with Gasteiger partial charge in [0.05, 0.1) is 0 Å². The molecule has 0 aromatic heterocycles. The summed E-state index contributed by atoms with van der Waals surface area (Å²) in [6.45, 7) is 10.0. The molecule has 2 aromatic rings. The summed E-state index contributed by atoms with van der Waals surface area (Å²) >= 11 is 0. The summed E-state index contributed by atoms with van der Waals surface area (Å²) in [6, 6.07) is 13.5. The van der Waals surface area contributed by atoms with Gasteiger partial charge in [-0.1, -0.05) is 46.2 Å². The van der Waals surface area contributed by atoms with Crippen molar-refractivity contribution in [3.05, 3.63) is 71.0 Å². The largest absolute Gasteiger partial charge is 0.352 e. The van der Waals surface area contributed by atoms with Gasteiger partial charge >= 0.3 is 0 Å². The molecule has 1 fully saturated rings. The van der Waals surface area contributed by atoms with E-state index in [1.54, 1.807) is 12.1 Å². The van der Waals surface area contributed by atoms with Gasteiger partial charge < -0.3 is 10.2 Å². The van der Waals surface area contributed by atoms with E-state index < -0.39 is 5.66 Å². The fourth-order valence-electron chi connectivity index (χ4n) is 5.40. The first kappa shape index (κ1) is 26.1. The van der Waals surface area contributed by atoms with Crippen molar-refractivity contribution in [3.63, 3.8) is 0 Å². The molecule has 0 saturated heterocycles. The minimum Gasteiger partial charge on any atom is -0.352 e. The Labute approximate surface area is 214 Å². The van der Waals surface area contributed by atoms with E-state index in [9.17, 15) is 14.0 Å². The predicted molar refractivity (Wildman–Crippen MR) is 141 cm³/mol. The predicted octanol–water partition coefficient (Wildman–Crippen LogP) is 6.12. The number of unbranched alkanes of at least 4 members (excludes halogenated alkanes) is 1. The van der Waals surface area contributed by atoms with Crippen molar-refractivity contribution in [1.82, 2.24) is 10.2 Å². The van der Waals surface area contributed by atoms with Gasteiger partial charge in [-0.2, -0.15) is 0 Å². The van der Waals surface area contributed by atoms with Gasteiger partial charge in [-0.25, -0.2) is 4.39 Å². The summed E-state index contributed by atoms with van der Waals surface area (Å²) in [5.74, 6) is 0.0554. The van der Waals surface area contributed by atoms with Crippen LogP contribution >= 0.6 is 0 Å². The number of nitrogens with zero attached hydrogens (tertiary/aromatic N) is 2. The van der Waals surface area contributed by atoms with Gasteiger partial charge in [-0.15, -0.1) is 0 Å². The lowest BCUT2D eigenvalue weighted by molar-refractivity contribution is -0.130. The van der Waals surface area contributed by atoms with Crippen molar-refractivity contribution in [2.24, 2.45) is 16.3 Å². The fraction of sp³-hybridized carbons (Fsp3) is 0.500. The lowest BCUT2D eigenvalue weighted by Crippen LogP contribution is -2.49. The average molecular weight is 492 g/mol. The van der Waals surface area contributed by atoms with Gasteiger partial charge in [-0.05, 0) is 85.4 Å².